The van der Waals surface area contributed by atoms with Gasteiger partial charge in [0.1, 0.15) is 0 Å². The molecule has 2 aromatic carbocycles. The third-order valence-corrected chi connectivity index (χ3v) is 6.08. The SMILES string of the molecule is O=C(CSC1CC(=O)N(c2ccccc2Cl)C1=O)Nc1ccc(Cl)c(Cl)c1. The maximum atomic E-state index is 12.6. The summed E-state index contributed by atoms with van der Waals surface area (Å²) in [6.07, 6.45) is 0.0226. The molecule has 0 radical (unpaired) electrons. The van der Waals surface area contributed by atoms with Gasteiger partial charge in [0, 0.05) is 12.1 Å². The standard InChI is InChI=1S/C18H13Cl3N2O3S/c19-11-6-5-10(7-13(11)21)22-16(24)9-27-15-8-17(25)23(18(15)26)14-4-2-1-3-12(14)20/h1-7,15H,8-9H2,(H,22,24). The molecule has 1 aliphatic heterocycles. The number of anilines is 2. The Labute approximate surface area is 174 Å². The van der Waals surface area contributed by atoms with Gasteiger partial charge in [-0.2, -0.15) is 0 Å². The van der Waals surface area contributed by atoms with E-state index >= 15 is 0 Å². The van der Waals surface area contributed by atoms with Gasteiger partial charge >= 0.3 is 0 Å². The largest absolute Gasteiger partial charge is 0.325 e. The number of carbonyl (C=O) groups is 3. The van der Waals surface area contributed by atoms with Crippen molar-refractivity contribution in [3.63, 3.8) is 0 Å². The first-order valence-electron chi connectivity index (χ1n) is 7.84. The van der Waals surface area contributed by atoms with Crippen molar-refractivity contribution in [3.8, 4) is 0 Å². The molecule has 1 aliphatic rings. The van der Waals surface area contributed by atoms with Crippen LogP contribution in [0.15, 0.2) is 42.5 Å². The number of para-hydroxylation sites is 1. The molecule has 2 aromatic rings. The van der Waals surface area contributed by atoms with E-state index in [-0.39, 0.29) is 29.9 Å². The van der Waals surface area contributed by atoms with Crippen LogP contribution < -0.4 is 10.2 Å². The lowest BCUT2D eigenvalue weighted by Crippen LogP contribution is -2.31. The average molecular weight is 444 g/mol. The zero-order valence-corrected chi connectivity index (χ0v) is 16.8. The van der Waals surface area contributed by atoms with Crippen LogP contribution in [-0.4, -0.2) is 28.7 Å². The molecule has 140 valence electrons. The Morgan fingerprint density at radius 2 is 1.81 bits per heavy atom. The summed E-state index contributed by atoms with van der Waals surface area (Å²) < 4.78 is 0. The van der Waals surface area contributed by atoms with Crippen LogP contribution in [0.3, 0.4) is 0 Å². The van der Waals surface area contributed by atoms with Gasteiger partial charge in [-0.05, 0) is 30.3 Å². The second-order valence-electron chi connectivity index (χ2n) is 5.70. The molecule has 9 heteroatoms. The predicted molar refractivity (Wildman–Crippen MR) is 110 cm³/mol. The Balaban J connectivity index is 1.60. The third-order valence-electron chi connectivity index (χ3n) is 3.82. The first-order valence-corrected chi connectivity index (χ1v) is 10.0. The number of halogens is 3. The van der Waals surface area contributed by atoms with E-state index in [4.69, 9.17) is 34.8 Å². The fraction of sp³-hybridized carbons (Fsp3) is 0.167. The minimum Gasteiger partial charge on any atom is -0.325 e. The van der Waals surface area contributed by atoms with Crippen molar-refractivity contribution in [2.75, 3.05) is 16.0 Å². The molecule has 1 N–H and O–H groups in total. The van der Waals surface area contributed by atoms with Gasteiger partial charge in [-0.3, -0.25) is 14.4 Å². The molecule has 0 saturated carbocycles. The van der Waals surface area contributed by atoms with Crippen LogP contribution in [-0.2, 0) is 14.4 Å². The molecule has 5 nitrogen and oxygen atoms in total. The van der Waals surface area contributed by atoms with E-state index in [0.29, 0.717) is 26.4 Å². The smallest absolute Gasteiger partial charge is 0.247 e. The van der Waals surface area contributed by atoms with Gasteiger partial charge < -0.3 is 5.32 Å². The lowest BCUT2D eigenvalue weighted by molar-refractivity contribution is -0.121. The summed E-state index contributed by atoms with van der Waals surface area (Å²) in [5.74, 6) is -1.01. The van der Waals surface area contributed by atoms with Gasteiger partial charge in [0.15, 0.2) is 0 Å². The maximum absolute atomic E-state index is 12.6. The Morgan fingerprint density at radius 3 is 2.52 bits per heavy atom. The molecular formula is C18H13Cl3N2O3S. The van der Waals surface area contributed by atoms with Crippen molar-refractivity contribution in [1.29, 1.82) is 0 Å². The predicted octanol–water partition coefficient (Wildman–Crippen LogP) is 4.65. The Morgan fingerprint density at radius 1 is 1.07 bits per heavy atom. The van der Waals surface area contributed by atoms with Gasteiger partial charge in [-0.15, -0.1) is 11.8 Å². The zero-order chi connectivity index (χ0) is 19.6. The van der Waals surface area contributed by atoms with Crippen molar-refractivity contribution in [2.24, 2.45) is 0 Å². The van der Waals surface area contributed by atoms with Crippen molar-refractivity contribution >= 4 is 75.7 Å². The van der Waals surface area contributed by atoms with E-state index in [1.165, 1.54) is 6.07 Å². The summed E-state index contributed by atoms with van der Waals surface area (Å²) in [5.41, 5.74) is 0.860. The molecule has 27 heavy (non-hydrogen) atoms. The lowest BCUT2D eigenvalue weighted by atomic mass is 10.3. The highest BCUT2D eigenvalue weighted by Crippen LogP contribution is 2.33. The highest BCUT2D eigenvalue weighted by Gasteiger charge is 2.40. The molecule has 0 aliphatic carbocycles. The number of carbonyl (C=O) groups excluding carboxylic acids is 3. The first kappa shape index (κ1) is 20.0. The molecule has 1 saturated heterocycles. The molecule has 1 unspecified atom stereocenters. The van der Waals surface area contributed by atoms with Crippen LogP contribution in [0.5, 0.6) is 0 Å². The number of nitrogens with zero attached hydrogens (tertiary/aromatic N) is 1. The average Bonchev–Trinajstić information content (AvgIpc) is 2.91. The zero-order valence-electron chi connectivity index (χ0n) is 13.7. The van der Waals surface area contributed by atoms with E-state index in [1.54, 1.807) is 36.4 Å². The van der Waals surface area contributed by atoms with Crippen molar-refractivity contribution in [3.05, 3.63) is 57.5 Å². The number of rotatable bonds is 5. The molecule has 0 spiro atoms. The number of amides is 3. The third kappa shape index (κ3) is 4.58. The van der Waals surface area contributed by atoms with E-state index in [9.17, 15) is 14.4 Å². The fourth-order valence-electron chi connectivity index (χ4n) is 2.57. The number of nitrogens with one attached hydrogen (secondary N) is 1. The maximum Gasteiger partial charge on any atom is 0.247 e. The highest BCUT2D eigenvalue weighted by molar-refractivity contribution is 8.01. The van der Waals surface area contributed by atoms with E-state index in [0.717, 1.165) is 16.7 Å². The summed E-state index contributed by atoms with van der Waals surface area (Å²) in [4.78, 5) is 38.0. The number of imide groups is 1. The number of benzene rings is 2. The lowest BCUT2D eigenvalue weighted by Gasteiger charge is -2.16. The van der Waals surface area contributed by atoms with Gasteiger partial charge in [0.2, 0.25) is 17.7 Å². The van der Waals surface area contributed by atoms with E-state index in [2.05, 4.69) is 5.32 Å². The summed E-state index contributed by atoms with van der Waals surface area (Å²) in [6, 6.07) is 11.4. The topological polar surface area (TPSA) is 66.5 Å². The summed E-state index contributed by atoms with van der Waals surface area (Å²) in [5, 5.41) is 3.08. The van der Waals surface area contributed by atoms with E-state index in [1.807, 2.05) is 0 Å². The van der Waals surface area contributed by atoms with Crippen LogP contribution in [0.2, 0.25) is 15.1 Å². The second kappa shape index (κ2) is 8.52. The first-order chi connectivity index (χ1) is 12.9. The molecule has 3 rings (SSSR count). The van der Waals surface area contributed by atoms with Crippen LogP contribution in [0.4, 0.5) is 11.4 Å². The molecule has 1 atom stereocenters. The molecule has 0 aromatic heterocycles. The summed E-state index contributed by atoms with van der Waals surface area (Å²) >= 11 is 18.9. The van der Waals surface area contributed by atoms with Crippen molar-refractivity contribution in [1.82, 2.24) is 0 Å². The summed E-state index contributed by atoms with van der Waals surface area (Å²) in [6.45, 7) is 0. The number of hydrogen-bond donors (Lipinski definition) is 1. The normalized spacial score (nSPS) is 16.7. The van der Waals surface area contributed by atoms with Gasteiger partial charge in [0.25, 0.3) is 0 Å². The molecule has 0 bridgehead atoms. The second-order valence-corrected chi connectivity index (χ2v) is 8.11. The van der Waals surface area contributed by atoms with Crippen LogP contribution in [0, 0.1) is 0 Å². The summed E-state index contributed by atoms with van der Waals surface area (Å²) in [7, 11) is 0. The van der Waals surface area contributed by atoms with Gasteiger partial charge in [-0.25, -0.2) is 4.90 Å². The molecule has 1 fully saturated rings. The quantitative estimate of drug-likeness (QED) is 0.683. The number of hydrogen-bond acceptors (Lipinski definition) is 4. The fourth-order valence-corrected chi connectivity index (χ4v) is 4.02. The minimum atomic E-state index is -0.631. The molecule has 3 amide bonds. The van der Waals surface area contributed by atoms with Crippen molar-refractivity contribution < 1.29 is 14.4 Å². The number of thioether (sulfide) groups is 1. The van der Waals surface area contributed by atoms with Gasteiger partial charge in [0.05, 0.1) is 31.8 Å². The Hall–Kier alpha value is -1.73. The van der Waals surface area contributed by atoms with Crippen LogP contribution >= 0.6 is 46.6 Å². The highest BCUT2D eigenvalue weighted by atomic mass is 35.5. The molecular weight excluding hydrogens is 431 g/mol. The Bertz CT molecular complexity index is 922. The minimum absolute atomic E-state index is 0.0142. The van der Waals surface area contributed by atoms with E-state index < -0.39 is 5.25 Å². The molecule has 1 heterocycles. The van der Waals surface area contributed by atoms with Crippen LogP contribution in [0.1, 0.15) is 6.42 Å². The monoisotopic (exact) mass is 442 g/mol. The van der Waals surface area contributed by atoms with Crippen molar-refractivity contribution in [2.45, 2.75) is 11.7 Å². The van der Waals surface area contributed by atoms with Gasteiger partial charge in [-0.1, -0.05) is 46.9 Å². The van der Waals surface area contributed by atoms with Crippen LogP contribution in [0.25, 0.3) is 0 Å². The Kier molecular flexibility index (Phi) is 6.32.